The number of nitrogens with one attached hydrogen (secondary N) is 3. The Morgan fingerprint density at radius 1 is 0.971 bits per heavy atom. The molecule has 2 aromatic carbocycles. The summed E-state index contributed by atoms with van der Waals surface area (Å²) in [5.41, 5.74) is 3.04. The van der Waals surface area contributed by atoms with E-state index in [1.807, 2.05) is 30.3 Å². The van der Waals surface area contributed by atoms with Crippen LogP contribution < -0.4 is 15.4 Å². The minimum atomic E-state index is 0.185. The number of H-pyrrole nitrogens is 1. The number of ether oxygens (including phenoxy) is 1. The largest absolute Gasteiger partial charge is 0.508 e. The van der Waals surface area contributed by atoms with E-state index in [1.165, 1.54) is 0 Å². The molecule has 0 bridgehead atoms. The minimum absolute atomic E-state index is 0.185. The summed E-state index contributed by atoms with van der Waals surface area (Å²) in [6.07, 6.45) is 5.03. The van der Waals surface area contributed by atoms with Crippen LogP contribution in [0.25, 0.3) is 22.8 Å². The number of aromatic amines is 1. The maximum absolute atomic E-state index is 9.70. The van der Waals surface area contributed by atoms with E-state index < -0.39 is 0 Å². The molecule has 0 saturated heterocycles. The van der Waals surface area contributed by atoms with Gasteiger partial charge in [0.2, 0.25) is 5.95 Å². The van der Waals surface area contributed by atoms with Crippen LogP contribution in [0.15, 0.2) is 67.0 Å². The standard InChI is InChI=1S/C25H28N6O3/c32-13-3-10-26-11-4-14-34-21-8-2-6-19(16-21)29-25-27-12-9-22(31-25)23-17-28-24(30-23)18-5-1-7-20(33)15-18/h1-2,5-9,12,15-17,26,32-33H,3-4,10-11,13-14H2,(H,28,30)(H,27,29,31). The summed E-state index contributed by atoms with van der Waals surface area (Å²) < 4.78 is 5.84. The van der Waals surface area contributed by atoms with Crippen LogP contribution in [0.1, 0.15) is 12.8 Å². The quantitative estimate of drug-likeness (QED) is 0.202. The summed E-state index contributed by atoms with van der Waals surface area (Å²) in [6.45, 7) is 2.46. The monoisotopic (exact) mass is 460 g/mol. The summed E-state index contributed by atoms with van der Waals surface area (Å²) in [4.78, 5) is 16.6. The molecule has 0 unspecified atom stereocenters. The highest BCUT2D eigenvalue weighted by Gasteiger charge is 2.09. The molecule has 0 amide bonds. The lowest BCUT2D eigenvalue weighted by atomic mass is 10.2. The van der Waals surface area contributed by atoms with E-state index in [0.717, 1.165) is 48.6 Å². The van der Waals surface area contributed by atoms with E-state index in [0.29, 0.717) is 24.1 Å². The number of benzene rings is 2. The van der Waals surface area contributed by atoms with Crippen molar-refractivity contribution in [3.05, 3.63) is 67.0 Å². The molecule has 9 heteroatoms. The average molecular weight is 461 g/mol. The van der Waals surface area contributed by atoms with Crippen molar-refractivity contribution in [3.8, 4) is 34.3 Å². The summed E-state index contributed by atoms with van der Waals surface area (Å²) in [6, 6.07) is 16.4. The molecule has 0 saturated carbocycles. The first-order valence-corrected chi connectivity index (χ1v) is 11.2. The highest BCUT2D eigenvalue weighted by Crippen LogP contribution is 2.25. The molecule has 5 N–H and O–H groups in total. The predicted molar refractivity (Wildman–Crippen MR) is 131 cm³/mol. The number of hydrogen-bond donors (Lipinski definition) is 5. The molecule has 34 heavy (non-hydrogen) atoms. The second-order valence-corrected chi connectivity index (χ2v) is 7.64. The number of phenols is 1. The first-order valence-electron chi connectivity index (χ1n) is 11.2. The van der Waals surface area contributed by atoms with Crippen molar-refractivity contribution in [2.24, 2.45) is 0 Å². The van der Waals surface area contributed by atoms with Crippen molar-refractivity contribution < 1.29 is 14.9 Å². The minimum Gasteiger partial charge on any atom is -0.508 e. The van der Waals surface area contributed by atoms with Crippen LogP contribution in [0.5, 0.6) is 11.5 Å². The summed E-state index contributed by atoms with van der Waals surface area (Å²) in [5.74, 6) is 2.05. The van der Waals surface area contributed by atoms with Crippen LogP contribution in [0, 0.1) is 0 Å². The maximum Gasteiger partial charge on any atom is 0.227 e. The van der Waals surface area contributed by atoms with E-state index in [1.54, 1.807) is 36.7 Å². The van der Waals surface area contributed by atoms with Crippen LogP contribution in [-0.2, 0) is 0 Å². The van der Waals surface area contributed by atoms with Gasteiger partial charge in [0, 0.05) is 30.1 Å². The normalized spacial score (nSPS) is 10.9. The molecule has 2 heterocycles. The van der Waals surface area contributed by atoms with E-state index in [9.17, 15) is 5.11 Å². The Bertz CT molecular complexity index is 1200. The van der Waals surface area contributed by atoms with Gasteiger partial charge in [0.25, 0.3) is 0 Å². The molecule has 176 valence electrons. The van der Waals surface area contributed by atoms with Crippen LogP contribution in [-0.4, -0.2) is 56.5 Å². The van der Waals surface area contributed by atoms with Gasteiger partial charge in [-0.05, 0) is 56.3 Å². The van der Waals surface area contributed by atoms with E-state index in [-0.39, 0.29) is 12.4 Å². The number of hydrogen-bond acceptors (Lipinski definition) is 8. The number of aromatic hydroxyl groups is 1. The molecule has 0 aliphatic heterocycles. The zero-order valence-electron chi connectivity index (χ0n) is 18.7. The lowest BCUT2D eigenvalue weighted by Crippen LogP contribution is -2.19. The fourth-order valence-electron chi connectivity index (χ4n) is 3.33. The maximum atomic E-state index is 9.70. The number of aliphatic hydroxyl groups excluding tert-OH is 1. The van der Waals surface area contributed by atoms with Gasteiger partial charge < -0.3 is 30.6 Å². The first kappa shape index (κ1) is 23.2. The SMILES string of the molecule is OCCCNCCCOc1cccc(Nc2nccc(-c3cnc(-c4cccc(O)c4)[nH]3)n2)c1. The Kier molecular flexibility index (Phi) is 8.04. The summed E-state index contributed by atoms with van der Waals surface area (Å²) >= 11 is 0. The first-order chi connectivity index (χ1) is 16.7. The van der Waals surface area contributed by atoms with Gasteiger partial charge in [-0.1, -0.05) is 18.2 Å². The Morgan fingerprint density at radius 2 is 1.85 bits per heavy atom. The fraction of sp³-hybridized carbons (Fsp3) is 0.240. The second-order valence-electron chi connectivity index (χ2n) is 7.64. The van der Waals surface area contributed by atoms with Crippen molar-refractivity contribution in [3.63, 3.8) is 0 Å². The zero-order valence-corrected chi connectivity index (χ0v) is 18.7. The van der Waals surface area contributed by atoms with E-state index in [4.69, 9.17) is 9.84 Å². The van der Waals surface area contributed by atoms with Gasteiger partial charge in [-0.3, -0.25) is 0 Å². The van der Waals surface area contributed by atoms with Crippen LogP contribution in [0.3, 0.4) is 0 Å². The molecule has 0 spiro atoms. The number of anilines is 2. The molecule has 4 aromatic rings. The van der Waals surface area contributed by atoms with Crippen molar-refractivity contribution in [1.82, 2.24) is 25.3 Å². The molecule has 0 atom stereocenters. The number of imidazole rings is 1. The Hall–Kier alpha value is -3.95. The summed E-state index contributed by atoms with van der Waals surface area (Å²) in [7, 11) is 0. The number of rotatable bonds is 12. The van der Waals surface area contributed by atoms with Crippen LogP contribution in [0.2, 0.25) is 0 Å². The molecule has 0 radical (unpaired) electrons. The number of aliphatic hydroxyl groups is 1. The smallest absolute Gasteiger partial charge is 0.227 e. The summed E-state index contributed by atoms with van der Waals surface area (Å²) in [5, 5.41) is 25.0. The van der Waals surface area contributed by atoms with Gasteiger partial charge in [-0.25, -0.2) is 15.0 Å². The van der Waals surface area contributed by atoms with Gasteiger partial charge in [0.15, 0.2) is 0 Å². The molecule has 0 fully saturated rings. The van der Waals surface area contributed by atoms with Crippen molar-refractivity contribution in [2.75, 3.05) is 31.6 Å². The predicted octanol–water partition coefficient (Wildman–Crippen LogP) is 3.72. The Morgan fingerprint density at radius 3 is 2.74 bits per heavy atom. The van der Waals surface area contributed by atoms with Gasteiger partial charge in [0.1, 0.15) is 17.3 Å². The van der Waals surface area contributed by atoms with Gasteiger partial charge >= 0.3 is 0 Å². The van der Waals surface area contributed by atoms with E-state index >= 15 is 0 Å². The highest BCUT2D eigenvalue weighted by atomic mass is 16.5. The Labute approximate surface area is 197 Å². The van der Waals surface area contributed by atoms with Crippen LogP contribution >= 0.6 is 0 Å². The topological polar surface area (TPSA) is 128 Å². The molecule has 2 aromatic heterocycles. The molecular formula is C25H28N6O3. The number of aromatic nitrogens is 4. The molecule has 4 rings (SSSR count). The zero-order chi connectivity index (χ0) is 23.6. The number of nitrogens with zero attached hydrogens (tertiary/aromatic N) is 3. The van der Waals surface area contributed by atoms with E-state index in [2.05, 4.69) is 30.6 Å². The van der Waals surface area contributed by atoms with Crippen molar-refractivity contribution >= 4 is 11.6 Å². The van der Waals surface area contributed by atoms with Crippen molar-refractivity contribution in [1.29, 1.82) is 0 Å². The van der Waals surface area contributed by atoms with Gasteiger partial charge in [0.05, 0.1) is 24.2 Å². The third kappa shape index (κ3) is 6.53. The lowest BCUT2D eigenvalue weighted by Gasteiger charge is -2.10. The molecule has 9 nitrogen and oxygen atoms in total. The van der Waals surface area contributed by atoms with Crippen LogP contribution in [0.4, 0.5) is 11.6 Å². The molecule has 0 aliphatic carbocycles. The van der Waals surface area contributed by atoms with Gasteiger partial charge in [-0.2, -0.15) is 0 Å². The third-order valence-corrected chi connectivity index (χ3v) is 5.00. The molecule has 0 aliphatic rings. The highest BCUT2D eigenvalue weighted by molar-refractivity contribution is 5.64. The average Bonchev–Trinajstić information content (AvgIpc) is 3.35. The molecular weight excluding hydrogens is 432 g/mol. The number of phenolic OH excluding ortho intramolecular Hbond substituents is 1. The Balaban J connectivity index is 1.36. The fourth-order valence-corrected chi connectivity index (χ4v) is 3.33. The second kappa shape index (κ2) is 11.8. The van der Waals surface area contributed by atoms with Crippen molar-refractivity contribution in [2.45, 2.75) is 12.8 Å². The van der Waals surface area contributed by atoms with Gasteiger partial charge in [-0.15, -0.1) is 0 Å². The third-order valence-electron chi connectivity index (χ3n) is 5.00. The lowest BCUT2D eigenvalue weighted by molar-refractivity contribution is 0.282.